The van der Waals surface area contributed by atoms with Crippen molar-refractivity contribution in [1.82, 2.24) is 0 Å². The summed E-state index contributed by atoms with van der Waals surface area (Å²) in [5, 5.41) is 13.7. The van der Waals surface area contributed by atoms with Crippen LogP contribution in [0.1, 0.15) is 85.3 Å². The first-order valence-corrected chi connectivity index (χ1v) is 10.6. The fourth-order valence-electron chi connectivity index (χ4n) is 4.29. The second-order valence-corrected chi connectivity index (χ2v) is 7.97. The molecule has 0 amide bonds. The molecule has 2 aromatic rings. The number of aliphatic hydroxyl groups is 1. The molecule has 3 heteroatoms. The molecule has 0 unspecified atom stereocenters. The lowest BCUT2D eigenvalue weighted by Gasteiger charge is -2.23. The van der Waals surface area contributed by atoms with Crippen molar-refractivity contribution in [1.29, 1.82) is 0 Å². The summed E-state index contributed by atoms with van der Waals surface area (Å²) in [6.45, 7) is 6.84. The molecule has 1 aliphatic carbocycles. The van der Waals surface area contributed by atoms with E-state index < -0.39 is 0 Å². The lowest BCUT2D eigenvalue weighted by molar-refractivity contribution is 0.130. The minimum Gasteiger partial charge on any atom is -0.392 e. The van der Waals surface area contributed by atoms with Crippen molar-refractivity contribution in [2.75, 3.05) is 0 Å². The van der Waals surface area contributed by atoms with Gasteiger partial charge in [0.1, 0.15) is 6.61 Å². The largest absolute Gasteiger partial charge is 0.392 e. The number of hydrogen-bond acceptors (Lipinski definition) is 3. The van der Waals surface area contributed by atoms with E-state index in [1.54, 1.807) is 0 Å². The second-order valence-electron chi connectivity index (χ2n) is 7.97. The third kappa shape index (κ3) is 5.02. The maximum atomic E-state index is 9.42. The standard InChI is InChI=1S/C25H33NO2/c1-4-21-15-23(11-12-24(21)16-27)19(3)26-28-17-20-10-13-25(18(2)14-20)22-8-6-5-7-9-22/h10-15,22,27H,4-9,16-17H2,1-3H3/b26-19+. The highest BCUT2D eigenvalue weighted by Gasteiger charge is 2.17. The predicted molar refractivity (Wildman–Crippen MR) is 116 cm³/mol. The number of rotatable bonds is 7. The molecule has 0 aromatic heterocycles. The molecule has 0 heterocycles. The van der Waals surface area contributed by atoms with Crippen molar-refractivity contribution in [2.24, 2.45) is 5.16 Å². The predicted octanol–water partition coefficient (Wildman–Crippen LogP) is 6.04. The van der Waals surface area contributed by atoms with Gasteiger partial charge in [0.05, 0.1) is 12.3 Å². The Kier molecular flexibility index (Phi) is 7.27. The Morgan fingerprint density at radius 1 is 1.07 bits per heavy atom. The molecule has 0 aliphatic heterocycles. The summed E-state index contributed by atoms with van der Waals surface area (Å²) in [6.07, 6.45) is 7.67. The van der Waals surface area contributed by atoms with Crippen LogP contribution < -0.4 is 0 Å². The maximum absolute atomic E-state index is 9.42. The lowest BCUT2D eigenvalue weighted by Crippen LogP contribution is -2.06. The zero-order valence-corrected chi connectivity index (χ0v) is 17.5. The van der Waals surface area contributed by atoms with Crippen LogP contribution in [0.25, 0.3) is 0 Å². The number of aliphatic hydroxyl groups excluding tert-OH is 1. The first kappa shape index (κ1) is 20.6. The van der Waals surface area contributed by atoms with E-state index in [9.17, 15) is 5.11 Å². The minimum absolute atomic E-state index is 0.0757. The molecule has 0 bridgehead atoms. The molecule has 0 radical (unpaired) electrons. The van der Waals surface area contributed by atoms with Gasteiger partial charge in [-0.25, -0.2) is 0 Å². The maximum Gasteiger partial charge on any atom is 0.142 e. The van der Waals surface area contributed by atoms with Crippen LogP contribution >= 0.6 is 0 Å². The Balaban J connectivity index is 1.63. The van der Waals surface area contributed by atoms with Crippen LogP contribution in [0.5, 0.6) is 0 Å². The third-order valence-corrected chi connectivity index (χ3v) is 5.99. The van der Waals surface area contributed by atoms with Gasteiger partial charge in [0, 0.05) is 0 Å². The van der Waals surface area contributed by atoms with Gasteiger partial charge in [-0.1, -0.05) is 61.7 Å². The van der Waals surface area contributed by atoms with Crippen molar-refractivity contribution in [3.8, 4) is 0 Å². The number of nitrogens with zero attached hydrogens (tertiary/aromatic N) is 1. The topological polar surface area (TPSA) is 41.8 Å². The van der Waals surface area contributed by atoms with Gasteiger partial charge in [0.15, 0.2) is 0 Å². The fourth-order valence-corrected chi connectivity index (χ4v) is 4.29. The van der Waals surface area contributed by atoms with Gasteiger partial charge in [-0.3, -0.25) is 0 Å². The molecule has 0 atom stereocenters. The van der Waals surface area contributed by atoms with E-state index in [4.69, 9.17) is 4.84 Å². The molecule has 0 spiro atoms. The smallest absolute Gasteiger partial charge is 0.142 e. The molecule has 1 aliphatic rings. The van der Waals surface area contributed by atoms with Gasteiger partial charge in [-0.2, -0.15) is 0 Å². The van der Waals surface area contributed by atoms with Crippen molar-refractivity contribution in [3.05, 3.63) is 69.8 Å². The first-order chi connectivity index (χ1) is 13.6. The van der Waals surface area contributed by atoms with Crippen molar-refractivity contribution in [2.45, 2.75) is 78.4 Å². The van der Waals surface area contributed by atoms with Gasteiger partial charge in [0.2, 0.25) is 0 Å². The van der Waals surface area contributed by atoms with E-state index >= 15 is 0 Å². The Hall–Kier alpha value is -2.13. The molecule has 3 rings (SSSR count). The highest BCUT2D eigenvalue weighted by Crippen LogP contribution is 2.34. The van der Waals surface area contributed by atoms with E-state index in [-0.39, 0.29) is 6.61 Å². The van der Waals surface area contributed by atoms with Crippen LogP contribution in [-0.2, 0) is 24.5 Å². The number of aryl methyl sites for hydroxylation is 2. The molecule has 3 nitrogen and oxygen atoms in total. The number of oxime groups is 1. The Morgan fingerprint density at radius 3 is 2.54 bits per heavy atom. The first-order valence-electron chi connectivity index (χ1n) is 10.6. The van der Waals surface area contributed by atoms with Gasteiger partial charge in [-0.15, -0.1) is 0 Å². The Labute approximate surface area is 169 Å². The van der Waals surface area contributed by atoms with E-state index in [0.717, 1.165) is 34.7 Å². The van der Waals surface area contributed by atoms with E-state index in [1.165, 1.54) is 48.8 Å². The van der Waals surface area contributed by atoms with E-state index in [1.807, 2.05) is 19.1 Å². The Bertz CT molecular complexity index is 819. The minimum atomic E-state index is 0.0757. The molecule has 1 N–H and O–H groups in total. The third-order valence-electron chi connectivity index (χ3n) is 5.99. The molecular weight excluding hydrogens is 346 g/mol. The van der Waals surface area contributed by atoms with Gasteiger partial charge < -0.3 is 9.94 Å². The highest BCUT2D eigenvalue weighted by molar-refractivity contribution is 5.98. The van der Waals surface area contributed by atoms with Gasteiger partial charge in [-0.05, 0) is 78.5 Å². The van der Waals surface area contributed by atoms with Crippen molar-refractivity contribution in [3.63, 3.8) is 0 Å². The van der Waals surface area contributed by atoms with Crippen LogP contribution in [-0.4, -0.2) is 10.8 Å². The van der Waals surface area contributed by atoms with Gasteiger partial charge >= 0.3 is 0 Å². The monoisotopic (exact) mass is 379 g/mol. The van der Waals surface area contributed by atoms with Crippen LogP contribution in [0.2, 0.25) is 0 Å². The quantitative estimate of drug-likeness (QED) is 0.471. The van der Waals surface area contributed by atoms with E-state index in [2.05, 4.69) is 43.3 Å². The summed E-state index contributed by atoms with van der Waals surface area (Å²) >= 11 is 0. The molecular formula is C25H33NO2. The van der Waals surface area contributed by atoms with E-state index in [0.29, 0.717) is 6.61 Å². The average molecular weight is 380 g/mol. The Morgan fingerprint density at radius 2 is 1.86 bits per heavy atom. The summed E-state index contributed by atoms with van der Waals surface area (Å²) < 4.78 is 0. The fraction of sp³-hybridized carbons (Fsp3) is 0.480. The summed E-state index contributed by atoms with van der Waals surface area (Å²) in [6, 6.07) is 12.8. The molecule has 1 saturated carbocycles. The summed E-state index contributed by atoms with van der Waals surface area (Å²) in [7, 11) is 0. The normalized spacial score (nSPS) is 15.6. The van der Waals surface area contributed by atoms with Crippen LogP contribution in [0.15, 0.2) is 41.6 Å². The van der Waals surface area contributed by atoms with Gasteiger partial charge in [0.25, 0.3) is 0 Å². The zero-order valence-electron chi connectivity index (χ0n) is 17.5. The molecule has 2 aromatic carbocycles. The summed E-state index contributed by atoms with van der Waals surface area (Å²) in [5.41, 5.74) is 8.09. The second kappa shape index (κ2) is 9.88. The summed E-state index contributed by atoms with van der Waals surface area (Å²) in [4.78, 5) is 5.64. The molecule has 0 saturated heterocycles. The molecule has 28 heavy (non-hydrogen) atoms. The van der Waals surface area contributed by atoms with Crippen molar-refractivity contribution < 1.29 is 9.94 Å². The van der Waals surface area contributed by atoms with Crippen molar-refractivity contribution >= 4 is 5.71 Å². The number of benzene rings is 2. The summed E-state index contributed by atoms with van der Waals surface area (Å²) in [5.74, 6) is 0.735. The van der Waals surface area contributed by atoms with Crippen LogP contribution in [0.4, 0.5) is 0 Å². The molecule has 1 fully saturated rings. The number of hydrogen-bond donors (Lipinski definition) is 1. The van der Waals surface area contributed by atoms with Crippen LogP contribution in [0, 0.1) is 6.92 Å². The lowest BCUT2D eigenvalue weighted by atomic mass is 9.82. The highest BCUT2D eigenvalue weighted by atomic mass is 16.6. The SMILES string of the molecule is CCc1cc(/C(C)=N/OCc2ccc(C3CCCCC3)c(C)c2)ccc1CO. The van der Waals surface area contributed by atoms with Crippen LogP contribution in [0.3, 0.4) is 0 Å². The zero-order chi connectivity index (χ0) is 19.9. The average Bonchev–Trinajstić information content (AvgIpc) is 2.73. The molecule has 150 valence electrons.